The molecule has 2 aromatic rings. The fourth-order valence-corrected chi connectivity index (χ4v) is 2.31. The van der Waals surface area contributed by atoms with Crippen molar-refractivity contribution in [1.82, 2.24) is 4.98 Å². The second-order valence-electron chi connectivity index (χ2n) is 6.83. The van der Waals surface area contributed by atoms with Crippen molar-refractivity contribution in [1.29, 1.82) is 0 Å². The fourth-order valence-electron chi connectivity index (χ4n) is 2.31. The zero-order valence-corrected chi connectivity index (χ0v) is 15.1. The van der Waals surface area contributed by atoms with Crippen molar-refractivity contribution in [3.8, 4) is 0 Å². The van der Waals surface area contributed by atoms with E-state index in [1.165, 1.54) is 0 Å². The second-order valence-corrected chi connectivity index (χ2v) is 6.83. The van der Waals surface area contributed by atoms with Crippen molar-refractivity contribution in [3.05, 3.63) is 59.3 Å². The highest BCUT2D eigenvalue weighted by atomic mass is 16.6. The van der Waals surface area contributed by atoms with Gasteiger partial charge in [-0.25, -0.2) is 9.78 Å². The van der Waals surface area contributed by atoms with E-state index in [9.17, 15) is 9.59 Å². The number of aromatic nitrogens is 1. The standard InChI is InChI=1S/C20H24N2O3/c1-5-14-7-6-8-16(11-14)17(23)12-15-9-10-21-18(13-15)22-19(24)25-20(2,3)4/h6-11,13H,5,12H2,1-4H3,(H,21,22,24). The summed E-state index contributed by atoms with van der Waals surface area (Å²) in [6, 6.07) is 11.1. The van der Waals surface area contributed by atoms with E-state index in [0.29, 0.717) is 11.4 Å². The highest BCUT2D eigenvalue weighted by molar-refractivity contribution is 5.97. The van der Waals surface area contributed by atoms with Crippen LogP contribution in [0.2, 0.25) is 0 Å². The lowest BCUT2D eigenvalue weighted by Gasteiger charge is -2.19. The summed E-state index contributed by atoms with van der Waals surface area (Å²) in [5, 5.41) is 2.59. The molecule has 0 aliphatic carbocycles. The number of rotatable bonds is 5. The molecule has 0 atom stereocenters. The number of benzene rings is 1. The highest BCUT2D eigenvalue weighted by Crippen LogP contribution is 2.14. The number of nitrogens with one attached hydrogen (secondary N) is 1. The van der Waals surface area contributed by atoms with Crippen molar-refractivity contribution in [2.75, 3.05) is 5.32 Å². The normalized spacial score (nSPS) is 11.0. The van der Waals surface area contributed by atoms with Crippen LogP contribution in [0.5, 0.6) is 0 Å². The number of ether oxygens (including phenoxy) is 1. The molecular weight excluding hydrogens is 316 g/mol. The summed E-state index contributed by atoms with van der Waals surface area (Å²) >= 11 is 0. The first-order valence-corrected chi connectivity index (χ1v) is 8.34. The van der Waals surface area contributed by atoms with Crippen LogP contribution in [0.25, 0.3) is 0 Å². The number of pyridine rings is 1. The van der Waals surface area contributed by atoms with Crippen LogP contribution in [0.4, 0.5) is 10.6 Å². The fraction of sp³-hybridized carbons (Fsp3) is 0.350. The molecule has 0 spiro atoms. The van der Waals surface area contributed by atoms with Crippen molar-refractivity contribution in [3.63, 3.8) is 0 Å². The minimum absolute atomic E-state index is 0.0321. The molecule has 1 aromatic carbocycles. The van der Waals surface area contributed by atoms with Gasteiger partial charge in [-0.1, -0.05) is 25.1 Å². The highest BCUT2D eigenvalue weighted by Gasteiger charge is 2.17. The van der Waals surface area contributed by atoms with Crippen LogP contribution in [-0.4, -0.2) is 22.5 Å². The minimum atomic E-state index is -0.581. The van der Waals surface area contributed by atoms with Crippen LogP contribution >= 0.6 is 0 Å². The van der Waals surface area contributed by atoms with E-state index in [2.05, 4.69) is 17.2 Å². The molecule has 25 heavy (non-hydrogen) atoms. The van der Waals surface area contributed by atoms with Gasteiger partial charge in [-0.05, 0) is 56.5 Å². The maximum atomic E-state index is 12.5. The van der Waals surface area contributed by atoms with Gasteiger partial charge in [0.2, 0.25) is 0 Å². The molecule has 5 nitrogen and oxygen atoms in total. The van der Waals surface area contributed by atoms with Crippen LogP contribution in [0.3, 0.4) is 0 Å². The molecule has 0 saturated heterocycles. The topological polar surface area (TPSA) is 68.3 Å². The second kappa shape index (κ2) is 7.92. The summed E-state index contributed by atoms with van der Waals surface area (Å²) in [6.07, 6.45) is 2.13. The Balaban J connectivity index is 2.05. The van der Waals surface area contributed by atoms with Crippen LogP contribution < -0.4 is 5.32 Å². The Morgan fingerprint density at radius 3 is 2.56 bits per heavy atom. The Morgan fingerprint density at radius 2 is 1.88 bits per heavy atom. The Labute approximate surface area is 148 Å². The van der Waals surface area contributed by atoms with E-state index in [-0.39, 0.29) is 12.2 Å². The molecule has 1 heterocycles. The molecule has 1 N–H and O–H groups in total. The van der Waals surface area contributed by atoms with Gasteiger partial charge in [-0.2, -0.15) is 0 Å². The lowest BCUT2D eigenvalue weighted by atomic mass is 10.0. The lowest BCUT2D eigenvalue weighted by Crippen LogP contribution is -2.27. The maximum absolute atomic E-state index is 12.5. The molecule has 1 amide bonds. The van der Waals surface area contributed by atoms with Crippen LogP contribution in [0.1, 0.15) is 49.2 Å². The van der Waals surface area contributed by atoms with Gasteiger partial charge in [-0.3, -0.25) is 10.1 Å². The number of nitrogens with zero attached hydrogens (tertiary/aromatic N) is 1. The third kappa shape index (κ3) is 6.03. The maximum Gasteiger partial charge on any atom is 0.413 e. The molecule has 132 valence electrons. The van der Waals surface area contributed by atoms with Crippen molar-refractivity contribution < 1.29 is 14.3 Å². The van der Waals surface area contributed by atoms with Crippen molar-refractivity contribution in [2.45, 2.75) is 46.1 Å². The quantitative estimate of drug-likeness (QED) is 0.818. The van der Waals surface area contributed by atoms with E-state index in [0.717, 1.165) is 17.5 Å². The summed E-state index contributed by atoms with van der Waals surface area (Å²) in [4.78, 5) is 28.4. The van der Waals surface area contributed by atoms with Crippen LogP contribution in [0.15, 0.2) is 42.6 Å². The van der Waals surface area contributed by atoms with E-state index in [4.69, 9.17) is 4.74 Å². The number of anilines is 1. The first kappa shape index (κ1) is 18.6. The molecule has 0 saturated carbocycles. The van der Waals surface area contributed by atoms with Gasteiger partial charge < -0.3 is 4.74 Å². The van der Waals surface area contributed by atoms with E-state index in [1.807, 2.05) is 24.3 Å². The average Bonchev–Trinajstić information content (AvgIpc) is 2.53. The third-order valence-corrected chi connectivity index (χ3v) is 3.48. The van der Waals surface area contributed by atoms with E-state index < -0.39 is 11.7 Å². The molecule has 0 unspecified atom stereocenters. The Bertz CT molecular complexity index is 764. The number of aryl methyl sites for hydroxylation is 1. The smallest absolute Gasteiger partial charge is 0.413 e. The summed E-state index contributed by atoms with van der Waals surface area (Å²) in [5.41, 5.74) is 2.03. The predicted molar refractivity (Wildman–Crippen MR) is 97.9 cm³/mol. The molecule has 5 heteroatoms. The van der Waals surface area contributed by atoms with Crippen LogP contribution in [0, 0.1) is 0 Å². The molecule has 0 radical (unpaired) electrons. The van der Waals surface area contributed by atoms with Gasteiger partial charge in [-0.15, -0.1) is 0 Å². The monoisotopic (exact) mass is 340 g/mol. The number of carbonyl (C=O) groups excluding carboxylic acids is 2. The number of carbonyl (C=O) groups is 2. The molecule has 1 aromatic heterocycles. The summed E-state index contributed by atoms with van der Waals surface area (Å²) in [7, 11) is 0. The number of ketones is 1. The Kier molecular flexibility index (Phi) is 5.91. The summed E-state index contributed by atoms with van der Waals surface area (Å²) in [5.74, 6) is 0.395. The zero-order chi connectivity index (χ0) is 18.4. The van der Waals surface area contributed by atoms with Gasteiger partial charge in [0.25, 0.3) is 0 Å². The molecule has 0 fully saturated rings. The largest absolute Gasteiger partial charge is 0.444 e. The van der Waals surface area contributed by atoms with Gasteiger partial charge in [0.1, 0.15) is 11.4 Å². The molecule has 2 rings (SSSR count). The minimum Gasteiger partial charge on any atom is -0.444 e. The van der Waals surface area contributed by atoms with Gasteiger partial charge in [0.05, 0.1) is 0 Å². The number of hydrogen-bond donors (Lipinski definition) is 1. The Morgan fingerprint density at radius 1 is 1.12 bits per heavy atom. The van der Waals surface area contributed by atoms with Crippen molar-refractivity contribution in [2.24, 2.45) is 0 Å². The van der Waals surface area contributed by atoms with E-state index >= 15 is 0 Å². The predicted octanol–water partition coefficient (Wildman–Crippen LogP) is 4.42. The molecular formula is C20H24N2O3. The number of hydrogen-bond acceptors (Lipinski definition) is 4. The SMILES string of the molecule is CCc1cccc(C(=O)Cc2ccnc(NC(=O)OC(C)(C)C)c2)c1. The Hall–Kier alpha value is -2.69. The third-order valence-electron chi connectivity index (χ3n) is 3.48. The van der Waals surface area contributed by atoms with Crippen molar-refractivity contribution >= 4 is 17.7 Å². The van der Waals surface area contributed by atoms with Gasteiger partial charge in [0, 0.05) is 18.2 Å². The summed E-state index contributed by atoms with van der Waals surface area (Å²) in [6.45, 7) is 7.43. The summed E-state index contributed by atoms with van der Waals surface area (Å²) < 4.78 is 5.20. The first-order valence-electron chi connectivity index (χ1n) is 8.34. The van der Waals surface area contributed by atoms with Crippen LogP contribution in [-0.2, 0) is 17.6 Å². The number of Topliss-reactive ketones (excluding diaryl/α,β-unsaturated/α-hetero) is 1. The number of amides is 1. The lowest BCUT2D eigenvalue weighted by molar-refractivity contribution is 0.0635. The molecule has 0 aliphatic heterocycles. The molecule has 0 bridgehead atoms. The zero-order valence-electron chi connectivity index (χ0n) is 15.1. The van der Waals surface area contributed by atoms with Gasteiger partial charge in [0.15, 0.2) is 5.78 Å². The van der Waals surface area contributed by atoms with Gasteiger partial charge >= 0.3 is 6.09 Å². The molecule has 0 aliphatic rings. The average molecular weight is 340 g/mol. The first-order chi connectivity index (χ1) is 11.8. The van der Waals surface area contributed by atoms with E-state index in [1.54, 1.807) is 39.1 Å².